The molecule has 0 radical (unpaired) electrons. The maximum absolute atomic E-state index is 11.7. The van der Waals surface area contributed by atoms with E-state index in [1.165, 1.54) is 11.3 Å². The van der Waals surface area contributed by atoms with Crippen LogP contribution >= 0.6 is 46.3 Å². The molecule has 1 fully saturated rings. The highest BCUT2D eigenvalue weighted by Gasteiger charge is 2.34. The van der Waals surface area contributed by atoms with Gasteiger partial charge < -0.3 is 4.74 Å². The van der Waals surface area contributed by atoms with Crippen LogP contribution in [-0.2, 0) is 4.79 Å². The molecule has 1 amide bonds. The van der Waals surface area contributed by atoms with Gasteiger partial charge in [-0.1, -0.05) is 46.3 Å². The van der Waals surface area contributed by atoms with Gasteiger partial charge in [0, 0.05) is 28.8 Å². The predicted molar refractivity (Wildman–Crippen MR) is 98.8 cm³/mol. The van der Waals surface area contributed by atoms with Crippen molar-refractivity contribution in [3.8, 4) is 5.75 Å². The molecule has 0 saturated heterocycles. The van der Waals surface area contributed by atoms with Crippen molar-refractivity contribution in [2.45, 2.75) is 30.1 Å². The van der Waals surface area contributed by atoms with E-state index in [4.69, 9.17) is 27.9 Å². The number of anilines is 1. The van der Waals surface area contributed by atoms with Crippen LogP contribution in [-0.4, -0.2) is 34.5 Å². The smallest absolute Gasteiger partial charge is 0.225 e. The highest BCUT2D eigenvalue weighted by molar-refractivity contribution is 8.01. The van der Waals surface area contributed by atoms with Gasteiger partial charge in [-0.15, -0.1) is 10.2 Å². The van der Waals surface area contributed by atoms with E-state index in [-0.39, 0.29) is 5.91 Å². The van der Waals surface area contributed by atoms with Crippen LogP contribution in [0.15, 0.2) is 22.5 Å². The zero-order chi connectivity index (χ0) is 17.1. The number of ether oxygens (including phenoxy) is 1. The number of thioether (sulfide) groups is 1. The zero-order valence-corrected chi connectivity index (χ0v) is 16.0. The van der Waals surface area contributed by atoms with E-state index in [0.29, 0.717) is 39.3 Å². The molecule has 24 heavy (non-hydrogen) atoms. The standard InChI is InChI=1S/C15H15Cl2N3O2S2/c1-9(21)20(12-2-3-12)14-18-19-15(24-14)23-5-4-22-13-7-10(16)6-11(17)8-13/h6-8,12H,2-5H2,1H3. The Kier molecular flexibility index (Phi) is 5.86. The molecule has 0 bridgehead atoms. The fraction of sp³-hybridized carbons (Fsp3) is 0.400. The van der Waals surface area contributed by atoms with E-state index in [1.54, 1.807) is 41.8 Å². The third-order valence-electron chi connectivity index (χ3n) is 3.27. The number of amides is 1. The van der Waals surface area contributed by atoms with Crippen LogP contribution in [0.1, 0.15) is 19.8 Å². The highest BCUT2D eigenvalue weighted by atomic mass is 35.5. The number of rotatable bonds is 7. The average Bonchev–Trinajstić information content (AvgIpc) is 3.21. The number of benzene rings is 1. The lowest BCUT2D eigenvalue weighted by atomic mass is 10.3. The summed E-state index contributed by atoms with van der Waals surface area (Å²) in [7, 11) is 0. The van der Waals surface area contributed by atoms with E-state index >= 15 is 0 Å². The van der Waals surface area contributed by atoms with Gasteiger partial charge in [-0.25, -0.2) is 0 Å². The van der Waals surface area contributed by atoms with Gasteiger partial charge in [-0.3, -0.25) is 9.69 Å². The predicted octanol–water partition coefficient (Wildman–Crippen LogP) is 4.53. The van der Waals surface area contributed by atoms with E-state index in [1.807, 2.05) is 0 Å². The monoisotopic (exact) mass is 403 g/mol. The largest absolute Gasteiger partial charge is 0.493 e. The summed E-state index contributed by atoms with van der Waals surface area (Å²) >= 11 is 14.8. The molecule has 1 aliphatic carbocycles. The second kappa shape index (κ2) is 7.91. The maximum Gasteiger partial charge on any atom is 0.225 e. The fourth-order valence-corrected chi connectivity index (χ4v) is 4.49. The summed E-state index contributed by atoms with van der Waals surface area (Å²) in [6, 6.07) is 5.40. The molecule has 5 nitrogen and oxygen atoms in total. The Hall–Kier alpha value is -1.02. The van der Waals surface area contributed by atoms with Crippen LogP contribution in [0.2, 0.25) is 10.0 Å². The average molecular weight is 404 g/mol. The quantitative estimate of drug-likeness (QED) is 0.386. The lowest BCUT2D eigenvalue weighted by Crippen LogP contribution is -2.30. The molecule has 1 aliphatic rings. The number of carbonyl (C=O) groups excluding carboxylic acids is 1. The van der Waals surface area contributed by atoms with Crippen molar-refractivity contribution in [1.29, 1.82) is 0 Å². The summed E-state index contributed by atoms with van der Waals surface area (Å²) in [4.78, 5) is 13.5. The Morgan fingerprint density at radius 1 is 1.33 bits per heavy atom. The number of hydrogen-bond donors (Lipinski definition) is 0. The van der Waals surface area contributed by atoms with Gasteiger partial charge in [0.1, 0.15) is 5.75 Å². The molecule has 1 saturated carbocycles. The molecule has 0 spiro atoms. The van der Waals surface area contributed by atoms with Gasteiger partial charge in [0.25, 0.3) is 0 Å². The maximum atomic E-state index is 11.7. The van der Waals surface area contributed by atoms with E-state index in [0.717, 1.165) is 17.2 Å². The summed E-state index contributed by atoms with van der Waals surface area (Å²) in [6.07, 6.45) is 2.08. The van der Waals surface area contributed by atoms with Crippen molar-refractivity contribution in [3.63, 3.8) is 0 Å². The molecule has 9 heteroatoms. The second-order valence-corrected chi connectivity index (χ2v) is 8.44. The number of aromatic nitrogens is 2. The van der Waals surface area contributed by atoms with Crippen molar-refractivity contribution in [2.75, 3.05) is 17.3 Å². The zero-order valence-electron chi connectivity index (χ0n) is 12.9. The SMILES string of the molecule is CC(=O)N(c1nnc(SCCOc2cc(Cl)cc(Cl)c2)s1)C1CC1. The normalized spacial score (nSPS) is 13.8. The number of hydrogen-bond acceptors (Lipinski definition) is 6. The molecule has 0 aliphatic heterocycles. The summed E-state index contributed by atoms with van der Waals surface area (Å²) < 4.78 is 6.46. The summed E-state index contributed by atoms with van der Waals surface area (Å²) in [5, 5.41) is 10.0. The van der Waals surface area contributed by atoms with Gasteiger partial charge in [-0.2, -0.15) is 0 Å². The van der Waals surface area contributed by atoms with E-state index in [2.05, 4.69) is 10.2 Å². The van der Waals surface area contributed by atoms with Crippen LogP contribution in [0.5, 0.6) is 5.75 Å². The topological polar surface area (TPSA) is 55.3 Å². The highest BCUT2D eigenvalue weighted by Crippen LogP contribution is 2.35. The molecular weight excluding hydrogens is 389 g/mol. The van der Waals surface area contributed by atoms with Crippen LogP contribution in [0.3, 0.4) is 0 Å². The summed E-state index contributed by atoms with van der Waals surface area (Å²) in [6.45, 7) is 2.06. The Bertz CT molecular complexity index is 717. The lowest BCUT2D eigenvalue weighted by Gasteiger charge is -2.15. The molecule has 1 heterocycles. The van der Waals surface area contributed by atoms with Gasteiger partial charge in [0.05, 0.1) is 6.61 Å². The van der Waals surface area contributed by atoms with Crippen molar-refractivity contribution in [2.24, 2.45) is 0 Å². The number of nitrogens with zero attached hydrogens (tertiary/aromatic N) is 3. The molecular formula is C15H15Cl2N3O2S2. The van der Waals surface area contributed by atoms with Gasteiger partial charge in [0.2, 0.25) is 11.0 Å². The Balaban J connectivity index is 1.49. The molecule has 3 rings (SSSR count). The number of carbonyl (C=O) groups is 1. The molecule has 0 N–H and O–H groups in total. The first-order valence-electron chi connectivity index (χ1n) is 7.38. The Morgan fingerprint density at radius 2 is 2.04 bits per heavy atom. The van der Waals surface area contributed by atoms with Gasteiger partial charge >= 0.3 is 0 Å². The summed E-state index contributed by atoms with van der Waals surface area (Å²) in [5.41, 5.74) is 0. The van der Waals surface area contributed by atoms with E-state index in [9.17, 15) is 4.79 Å². The van der Waals surface area contributed by atoms with Crippen molar-refractivity contribution < 1.29 is 9.53 Å². The molecule has 1 aromatic carbocycles. The van der Waals surface area contributed by atoms with Crippen LogP contribution < -0.4 is 9.64 Å². The minimum absolute atomic E-state index is 0.0198. The fourth-order valence-electron chi connectivity index (χ4n) is 2.14. The Labute approximate surface area is 158 Å². The van der Waals surface area contributed by atoms with Crippen LogP contribution in [0.4, 0.5) is 5.13 Å². The minimum atomic E-state index is 0.0198. The third-order valence-corrected chi connectivity index (χ3v) is 5.72. The molecule has 128 valence electrons. The third kappa shape index (κ3) is 4.75. The molecule has 2 aromatic rings. The number of halogens is 2. The van der Waals surface area contributed by atoms with Crippen molar-refractivity contribution in [3.05, 3.63) is 28.2 Å². The first kappa shape index (κ1) is 17.8. The van der Waals surface area contributed by atoms with Crippen molar-refractivity contribution in [1.82, 2.24) is 10.2 Å². The Morgan fingerprint density at radius 3 is 2.67 bits per heavy atom. The summed E-state index contributed by atoms with van der Waals surface area (Å²) in [5.74, 6) is 1.37. The molecule has 0 atom stereocenters. The first-order valence-corrected chi connectivity index (χ1v) is 9.94. The minimum Gasteiger partial charge on any atom is -0.493 e. The van der Waals surface area contributed by atoms with Gasteiger partial charge in [0.15, 0.2) is 4.34 Å². The van der Waals surface area contributed by atoms with E-state index < -0.39 is 0 Å². The van der Waals surface area contributed by atoms with Crippen molar-refractivity contribution >= 4 is 57.3 Å². The van der Waals surface area contributed by atoms with Crippen LogP contribution in [0, 0.1) is 0 Å². The molecule has 1 aromatic heterocycles. The second-order valence-electron chi connectivity index (χ2n) is 5.27. The van der Waals surface area contributed by atoms with Crippen LogP contribution in [0.25, 0.3) is 0 Å². The molecule has 0 unspecified atom stereocenters. The first-order chi connectivity index (χ1) is 11.5. The van der Waals surface area contributed by atoms with Gasteiger partial charge in [-0.05, 0) is 31.0 Å². The lowest BCUT2D eigenvalue weighted by molar-refractivity contribution is -0.116.